The van der Waals surface area contributed by atoms with Crippen LogP contribution in [0.1, 0.15) is 26.7 Å². The molecule has 0 rings (SSSR count). The molecule has 0 saturated heterocycles. The van der Waals surface area contributed by atoms with E-state index in [1.54, 1.807) is 0 Å². The van der Waals surface area contributed by atoms with Crippen LogP contribution in [0.2, 0.25) is 4.73 Å². The van der Waals surface area contributed by atoms with E-state index >= 15 is 0 Å². The molecule has 0 unspecified atom stereocenters. The number of unbranched alkanes of at least 4 members (excludes halogenated alkanes) is 1. The molecule has 0 bridgehead atoms. The van der Waals surface area contributed by atoms with Crippen LogP contribution in [0.3, 0.4) is 0 Å². The van der Waals surface area contributed by atoms with Gasteiger partial charge in [-0.2, -0.15) is 0 Å². The zero-order valence-corrected chi connectivity index (χ0v) is 10.3. The second kappa shape index (κ2) is 10.0. The maximum atomic E-state index is 5.58. The summed E-state index contributed by atoms with van der Waals surface area (Å²) in [6, 6.07) is 0. The summed E-state index contributed by atoms with van der Waals surface area (Å²) in [7, 11) is 0. The molecule has 0 aromatic rings. The zero-order valence-electron chi connectivity index (χ0n) is 7.94. The Bertz CT molecular complexity index is 87.1. The van der Waals surface area contributed by atoms with E-state index in [1.165, 1.54) is 0 Å². The molecule has 0 heterocycles. The topological polar surface area (TPSA) is 18.5 Å². The Morgan fingerprint density at radius 1 is 1.08 bits per heavy atom. The zero-order chi connectivity index (χ0) is 9.23. The van der Waals surface area contributed by atoms with Crippen molar-refractivity contribution in [3.63, 3.8) is 0 Å². The van der Waals surface area contributed by atoms with E-state index in [0.29, 0.717) is 0 Å². The fourth-order valence-corrected chi connectivity index (χ4v) is 3.49. The fraction of sp³-hybridized carbons (Fsp3) is 1.00. The van der Waals surface area contributed by atoms with E-state index in [1.807, 2.05) is 13.8 Å². The van der Waals surface area contributed by atoms with Crippen LogP contribution >= 0.6 is 11.6 Å². The van der Waals surface area contributed by atoms with Crippen molar-refractivity contribution in [1.82, 2.24) is 0 Å². The Labute approximate surface area is 87.4 Å². The van der Waals surface area contributed by atoms with Gasteiger partial charge in [-0.15, -0.1) is 0 Å². The average molecular weight is 230 g/mol. The second-order valence-electron chi connectivity index (χ2n) is 2.38. The van der Waals surface area contributed by atoms with Gasteiger partial charge in [-0.05, 0) is 0 Å². The molecule has 0 aromatic carbocycles. The van der Waals surface area contributed by atoms with Crippen LogP contribution < -0.4 is 0 Å². The number of hydrogen-bond donors (Lipinski definition) is 0. The number of alkyl halides is 1. The van der Waals surface area contributed by atoms with Gasteiger partial charge < -0.3 is 0 Å². The molecule has 12 heavy (non-hydrogen) atoms. The van der Waals surface area contributed by atoms with Crippen molar-refractivity contribution < 1.29 is 25.3 Å². The van der Waals surface area contributed by atoms with Gasteiger partial charge in [0, 0.05) is 0 Å². The van der Waals surface area contributed by atoms with Crippen molar-refractivity contribution in [2.75, 3.05) is 19.1 Å². The summed E-state index contributed by atoms with van der Waals surface area (Å²) < 4.78 is 12.2. The van der Waals surface area contributed by atoms with E-state index in [0.717, 1.165) is 36.7 Å². The maximum absolute atomic E-state index is 5.58. The molecule has 4 heteroatoms. The van der Waals surface area contributed by atoms with Crippen molar-refractivity contribution in [2.45, 2.75) is 31.4 Å². The summed E-state index contributed by atoms with van der Waals surface area (Å²) in [6.07, 6.45) is 2.23. The van der Waals surface area contributed by atoms with Gasteiger partial charge in [0.2, 0.25) is 0 Å². The van der Waals surface area contributed by atoms with Crippen LogP contribution in [0.4, 0.5) is 0 Å². The van der Waals surface area contributed by atoms with Crippen molar-refractivity contribution >= 4 is 11.6 Å². The molecule has 0 amide bonds. The Morgan fingerprint density at radius 2 is 1.67 bits per heavy atom. The Hall–Kier alpha value is 0.924. The molecular formula is C8H18ClO2Ti. The van der Waals surface area contributed by atoms with Gasteiger partial charge in [-0.3, -0.25) is 0 Å². The van der Waals surface area contributed by atoms with Crippen LogP contribution in [0.15, 0.2) is 0 Å². The van der Waals surface area contributed by atoms with Gasteiger partial charge >= 0.3 is 87.4 Å². The molecule has 0 aliphatic heterocycles. The molecule has 0 saturated carbocycles. The average Bonchev–Trinajstić information content (AvgIpc) is 2.06. The second-order valence-corrected chi connectivity index (χ2v) is 5.61. The number of hydrogen-bond acceptors (Lipinski definition) is 2. The first kappa shape index (κ1) is 12.9. The monoisotopic (exact) mass is 229 g/mol. The summed E-state index contributed by atoms with van der Waals surface area (Å²) in [5.41, 5.74) is 0. The number of rotatable bonds is 8. The summed E-state index contributed by atoms with van der Waals surface area (Å²) in [6.45, 7) is 5.62. The van der Waals surface area contributed by atoms with Crippen LogP contribution in [0.5, 0.6) is 0 Å². The molecule has 0 aromatic heterocycles. The van der Waals surface area contributed by atoms with E-state index in [4.69, 9.17) is 18.2 Å². The van der Waals surface area contributed by atoms with Gasteiger partial charge in [0.1, 0.15) is 0 Å². The van der Waals surface area contributed by atoms with Crippen LogP contribution in [-0.4, -0.2) is 19.1 Å². The fourth-order valence-electron chi connectivity index (χ4n) is 0.872. The van der Waals surface area contributed by atoms with Crippen molar-refractivity contribution in [2.24, 2.45) is 0 Å². The SMILES string of the molecule is CC[O][Ti]([CH2]CCCCl)[O]CC. The quantitative estimate of drug-likeness (QED) is 0.362. The van der Waals surface area contributed by atoms with E-state index in [2.05, 4.69) is 0 Å². The first-order chi connectivity index (χ1) is 5.85. The third-order valence-electron chi connectivity index (χ3n) is 1.38. The van der Waals surface area contributed by atoms with Gasteiger partial charge in [0.05, 0.1) is 0 Å². The summed E-state index contributed by atoms with van der Waals surface area (Å²) in [5.74, 6) is 0.754. The molecule has 0 radical (unpaired) electrons. The molecule has 0 atom stereocenters. The minimum atomic E-state index is -1.58. The molecule has 0 aliphatic rings. The molecule has 0 spiro atoms. The Morgan fingerprint density at radius 3 is 2.08 bits per heavy atom. The molecule has 0 N–H and O–H groups in total. The predicted octanol–water partition coefficient (Wildman–Crippen LogP) is 2.94. The minimum absolute atomic E-state index is 0.754. The van der Waals surface area contributed by atoms with E-state index < -0.39 is 18.6 Å². The molecule has 0 aliphatic carbocycles. The van der Waals surface area contributed by atoms with Crippen molar-refractivity contribution in [1.29, 1.82) is 0 Å². The van der Waals surface area contributed by atoms with Gasteiger partial charge in [-0.25, -0.2) is 0 Å². The summed E-state index contributed by atoms with van der Waals surface area (Å²) >= 11 is 3.99. The van der Waals surface area contributed by atoms with Gasteiger partial charge in [0.25, 0.3) is 0 Å². The molecule has 73 valence electrons. The Balaban J connectivity index is 3.34. The van der Waals surface area contributed by atoms with Crippen molar-refractivity contribution in [3.05, 3.63) is 0 Å². The molecule has 2 nitrogen and oxygen atoms in total. The van der Waals surface area contributed by atoms with Gasteiger partial charge in [-0.1, -0.05) is 0 Å². The van der Waals surface area contributed by atoms with Crippen LogP contribution in [-0.2, 0) is 25.3 Å². The standard InChI is InChI=1S/C4H8Cl.2C2H5O.Ti/c1-2-3-4-5;2*1-2-3;/h1-4H2;2*2H2,1H3;/q;2*-1;+2. The number of halogens is 1. The Kier molecular flexibility index (Phi) is 10.8. The predicted molar refractivity (Wildman–Crippen MR) is 48.0 cm³/mol. The molecule has 0 fully saturated rings. The first-order valence-electron chi connectivity index (χ1n) is 4.52. The first-order valence-corrected chi connectivity index (χ1v) is 7.43. The molecular weight excluding hydrogens is 211 g/mol. The normalized spacial score (nSPS) is 10.2. The third kappa shape index (κ3) is 7.57. The van der Waals surface area contributed by atoms with E-state index in [-0.39, 0.29) is 0 Å². The third-order valence-corrected chi connectivity index (χ3v) is 4.74. The van der Waals surface area contributed by atoms with Crippen molar-refractivity contribution in [3.8, 4) is 0 Å². The van der Waals surface area contributed by atoms with Gasteiger partial charge in [0.15, 0.2) is 0 Å². The summed E-state index contributed by atoms with van der Waals surface area (Å²) in [5, 5.41) is 0. The summed E-state index contributed by atoms with van der Waals surface area (Å²) in [4.78, 5) is 0. The van der Waals surface area contributed by atoms with Crippen LogP contribution in [0.25, 0.3) is 0 Å². The van der Waals surface area contributed by atoms with Crippen LogP contribution in [0, 0.1) is 0 Å². The van der Waals surface area contributed by atoms with E-state index in [9.17, 15) is 0 Å².